The maximum atomic E-state index is 11.3. The fourth-order valence-electron chi connectivity index (χ4n) is 2.22. The van der Waals surface area contributed by atoms with Crippen molar-refractivity contribution in [1.82, 2.24) is 9.55 Å². The highest BCUT2D eigenvalue weighted by molar-refractivity contribution is 5.87. The van der Waals surface area contributed by atoms with E-state index in [2.05, 4.69) is 4.98 Å². The van der Waals surface area contributed by atoms with Crippen molar-refractivity contribution in [2.24, 2.45) is 0 Å². The Bertz CT molecular complexity index is 427. The van der Waals surface area contributed by atoms with E-state index in [4.69, 9.17) is 0 Å². The van der Waals surface area contributed by atoms with Gasteiger partial charge >= 0.3 is 5.97 Å². The van der Waals surface area contributed by atoms with E-state index in [0.717, 1.165) is 37.3 Å². The van der Waals surface area contributed by atoms with E-state index in [9.17, 15) is 9.90 Å². The Morgan fingerprint density at radius 2 is 2.06 bits per heavy atom. The summed E-state index contributed by atoms with van der Waals surface area (Å²) in [4.78, 5) is 15.9. The highest BCUT2D eigenvalue weighted by Gasteiger charge is 2.30. The molecule has 0 aromatic carbocycles. The molecule has 0 bridgehead atoms. The van der Waals surface area contributed by atoms with Gasteiger partial charge in [-0.05, 0) is 12.8 Å². The van der Waals surface area contributed by atoms with Crippen LogP contribution >= 0.6 is 0 Å². The second-order valence-corrected chi connectivity index (χ2v) is 5.39. The van der Waals surface area contributed by atoms with Crippen LogP contribution in [0.5, 0.6) is 0 Å². The number of hydrogen-bond acceptors (Lipinski definition) is 2. The molecular formula is C12H18N2O2. The molecule has 4 nitrogen and oxygen atoms in total. The zero-order valence-corrected chi connectivity index (χ0v) is 10.1. The molecule has 2 rings (SSSR count). The average Bonchev–Trinajstić information content (AvgIpc) is 2.55. The lowest BCUT2D eigenvalue weighted by atomic mass is 9.90. The molecule has 0 atom stereocenters. The third kappa shape index (κ3) is 1.72. The number of carbonyl (C=O) groups is 1. The summed E-state index contributed by atoms with van der Waals surface area (Å²) in [6.45, 7) is 6.81. The fraction of sp³-hybridized carbons (Fsp3) is 0.667. The number of hydrogen-bond donors (Lipinski definition) is 1. The predicted molar refractivity (Wildman–Crippen MR) is 60.8 cm³/mol. The minimum Gasteiger partial charge on any atom is -0.477 e. The van der Waals surface area contributed by atoms with Gasteiger partial charge in [0.05, 0.1) is 5.69 Å². The number of aromatic nitrogens is 2. The molecule has 0 radical (unpaired) electrons. The number of aryl methyl sites for hydroxylation is 1. The quantitative estimate of drug-likeness (QED) is 0.792. The van der Waals surface area contributed by atoms with Crippen LogP contribution in [0.25, 0.3) is 0 Å². The normalized spacial score (nSPS) is 15.9. The number of fused-ring (bicyclic) bond motifs is 1. The van der Waals surface area contributed by atoms with Gasteiger partial charge < -0.3 is 9.67 Å². The van der Waals surface area contributed by atoms with Gasteiger partial charge in [-0.15, -0.1) is 0 Å². The Morgan fingerprint density at radius 3 is 2.62 bits per heavy atom. The van der Waals surface area contributed by atoms with E-state index < -0.39 is 5.97 Å². The molecule has 0 spiro atoms. The molecule has 0 saturated carbocycles. The van der Waals surface area contributed by atoms with Crippen molar-refractivity contribution in [3.63, 3.8) is 0 Å². The first kappa shape index (κ1) is 11.2. The van der Waals surface area contributed by atoms with Crippen LogP contribution in [0.4, 0.5) is 0 Å². The van der Waals surface area contributed by atoms with E-state index in [1.165, 1.54) is 0 Å². The fourth-order valence-corrected chi connectivity index (χ4v) is 2.22. The van der Waals surface area contributed by atoms with Crippen molar-refractivity contribution in [2.45, 2.75) is 52.0 Å². The van der Waals surface area contributed by atoms with E-state index in [-0.39, 0.29) is 5.41 Å². The third-order valence-corrected chi connectivity index (χ3v) is 2.99. The van der Waals surface area contributed by atoms with Crippen LogP contribution in [0.2, 0.25) is 0 Å². The molecule has 0 unspecified atom stereocenters. The highest BCUT2D eigenvalue weighted by Crippen LogP contribution is 2.28. The number of nitrogens with zero attached hydrogens (tertiary/aromatic N) is 2. The van der Waals surface area contributed by atoms with Crippen LogP contribution in [0.3, 0.4) is 0 Å². The van der Waals surface area contributed by atoms with Gasteiger partial charge in [-0.3, -0.25) is 0 Å². The van der Waals surface area contributed by atoms with Crippen molar-refractivity contribution in [1.29, 1.82) is 0 Å². The van der Waals surface area contributed by atoms with Crippen LogP contribution in [-0.4, -0.2) is 20.6 Å². The lowest BCUT2D eigenvalue weighted by molar-refractivity contribution is 0.0680. The third-order valence-electron chi connectivity index (χ3n) is 2.99. The summed E-state index contributed by atoms with van der Waals surface area (Å²) in [7, 11) is 0. The minimum atomic E-state index is -0.856. The maximum absolute atomic E-state index is 11.3. The first-order chi connectivity index (χ1) is 7.41. The summed E-state index contributed by atoms with van der Waals surface area (Å²) in [5, 5.41) is 9.31. The summed E-state index contributed by atoms with van der Waals surface area (Å²) in [5.74, 6) is 0.0825. The molecule has 88 valence electrons. The summed E-state index contributed by atoms with van der Waals surface area (Å²) < 4.78 is 1.88. The topological polar surface area (TPSA) is 55.1 Å². The molecule has 1 aliphatic rings. The maximum Gasteiger partial charge on any atom is 0.354 e. The molecule has 1 aliphatic heterocycles. The van der Waals surface area contributed by atoms with Crippen LogP contribution < -0.4 is 0 Å². The zero-order valence-electron chi connectivity index (χ0n) is 10.1. The molecule has 0 aliphatic carbocycles. The highest BCUT2D eigenvalue weighted by atomic mass is 16.4. The Balaban J connectivity index is 2.61. The van der Waals surface area contributed by atoms with Crippen LogP contribution in [0.15, 0.2) is 0 Å². The molecule has 0 saturated heterocycles. The summed E-state index contributed by atoms with van der Waals surface area (Å²) in [6.07, 6.45) is 3.06. The minimum absolute atomic E-state index is 0.210. The number of carboxylic acids is 1. The molecule has 0 fully saturated rings. The Kier molecular flexibility index (Phi) is 2.52. The Hall–Kier alpha value is -1.32. The predicted octanol–water partition coefficient (Wildman–Crippen LogP) is 2.22. The molecule has 1 aromatic rings. The van der Waals surface area contributed by atoms with Crippen LogP contribution in [0.1, 0.15) is 55.6 Å². The summed E-state index contributed by atoms with van der Waals surface area (Å²) >= 11 is 0. The Labute approximate surface area is 95.3 Å². The van der Waals surface area contributed by atoms with Crippen molar-refractivity contribution in [2.75, 3.05) is 0 Å². The van der Waals surface area contributed by atoms with Crippen molar-refractivity contribution in [3.05, 3.63) is 17.2 Å². The van der Waals surface area contributed by atoms with Crippen molar-refractivity contribution < 1.29 is 9.90 Å². The molecule has 2 heterocycles. The summed E-state index contributed by atoms with van der Waals surface area (Å²) in [6, 6.07) is 0. The van der Waals surface area contributed by atoms with Gasteiger partial charge in [0.25, 0.3) is 0 Å². The monoisotopic (exact) mass is 222 g/mol. The lowest BCUT2D eigenvalue weighted by Gasteiger charge is -2.17. The van der Waals surface area contributed by atoms with Crippen molar-refractivity contribution >= 4 is 5.97 Å². The molecule has 1 aromatic heterocycles. The van der Waals surface area contributed by atoms with Gasteiger partial charge in [0.15, 0.2) is 5.69 Å². The SMILES string of the molecule is CC(C)(C)c1nc2n(c1C(=O)O)CCCC2. The second kappa shape index (κ2) is 3.61. The smallest absolute Gasteiger partial charge is 0.354 e. The Morgan fingerprint density at radius 1 is 1.38 bits per heavy atom. The van der Waals surface area contributed by atoms with Gasteiger partial charge in [0.1, 0.15) is 5.82 Å². The average molecular weight is 222 g/mol. The first-order valence-corrected chi connectivity index (χ1v) is 5.74. The summed E-state index contributed by atoms with van der Waals surface area (Å²) in [5.41, 5.74) is 0.900. The van der Waals surface area contributed by atoms with Gasteiger partial charge in [-0.1, -0.05) is 20.8 Å². The van der Waals surface area contributed by atoms with Crippen molar-refractivity contribution in [3.8, 4) is 0 Å². The van der Waals surface area contributed by atoms with Gasteiger partial charge in [-0.2, -0.15) is 0 Å². The largest absolute Gasteiger partial charge is 0.477 e. The van der Waals surface area contributed by atoms with Crippen LogP contribution in [-0.2, 0) is 18.4 Å². The van der Waals surface area contributed by atoms with Gasteiger partial charge in [-0.25, -0.2) is 9.78 Å². The number of aromatic carboxylic acids is 1. The number of imidazole rings is 1. The molecule has 16 heavy (non-hydrogen) atoms. The molecule has 4 heteroatoms. The van der Waals surface area contributed by atoms with E-state index in [1.54, 1.807) is 0 Å². The van der Waals surface area contributed by atoms with E-state index in [1.807, 2.05) is 25.3 Å². The van der Waals surface area contributed by atoms with Gasteiger partial charge in [0.2, 0.25) is 0 Å². The molecular weight excluding hydrogens is 204 g/mol. The van der Waals surface area contributed by atoms with E-state index in [0.29, 0.717) is 5.69 Å². The van der Waals surface area contributed by atoms with E-state index >= 15 is 0 Å². The standard InChI is InChI=1S/C12H18N2O2/c1-12(2,3)10-9(11(15)16)14-7-5-4-6-8(14)13-10/h4-7H2,1-3H3,(H,15,16). The lowest BCUT2D eigenvalue weighted by Crippen LogP contribution is -2.20. The number of rotatable bonds is 1. The van der Waals surface area contributed by atoms with Crippen LogP contribution in [0, 0.1) is 0 Å². The zero-order chi connectivity index (χ0) is 11.9. The first-order valence-electron chi connectivity index (χ1n) is 5.74. The van der Waals surface area contributed by atoms with Gasteiger partial charge in [0, 0.05) is 18.4 Å². The second-order valence-electron chi connectivity index (χ2n) is 5.39. The number of carboxylic acid groups (broad SMARTS) is 1. The molecule has 0 amide bonds. The molecule has 1 N–H and O–H groups in total.